The second kappa shape index (κ2) is 9.68. The van der Waals surface area contributed by atoms with Crippen molar-refractivity contribution in [2.75, 3.05) is 18.1 Å². The van der Waals surface area contributed by atoms with Crippen LogP contribution in [0.4, 0.5) is 0 Å². The van der Waals surface area contributed by atoms with Crippen LogP contribution in [0.2, 0.25) is 18.1 Å². The monoisotopic (exact) mass is 413 g/mol. The van der Waals surface area contributed by atoms with Gasteiger partial charge in [-0.25, -0.2) is 8.42 Å². The minimum Gasteiger partial charge on any atom is -0.413 e. The van der Waals surface area contributed by atoms with Gasteiger partial charge in [-0.2, -0.15) is 0 Å². The molecule has 6 heteroatoms. The molecule has 0 saturated heterocycles. The lowest BCUT2D eigenvalue weighted by molar-refractivity contribution is 0.226. The summed E-state index contributed by atoms with van der Waals surface area (Å²) in [5.74, 6) is 0.424. The predicted octanol–water partition coefficient (Wildman–Crippen LogP) is 4.85. The van der Waals surface area contributed by atoms with E-state index in [1.807, 2.05) is 6.92 Å². The van der Waals surface area contributed by atoms with Crippen LogP contribution in [0.15, 0.2) is 24.3 Å². The Balaban J connectivity index is 2.70. The van der Waals surface area contributed by atoms with Gasteiger partial charge in [0.05, 0.1) is 12.4 Å². The summed E-state index contributed by atoms with van der Waals surface area (Å²) in [7, 11) is -4.70. The summed E-state index contributed by atoms with van der Waals surface area (Å²) in [6, 6.07) is 8.54. The predicted molar refractivity (Wildman–Crippen MR) is 118 cm³/mol. The zero-order chi connectivity index (χ0) is 20.9. The molecular weight excluding hydrogens is 374 g/mol. The smallest absolute Gasteiger partial charge is 0.192 e. The van der Waals surface area contributed by atoms with Crippen molar-refractivity contribution >= 4 is 18.2 Å². The van der Waals surface area contributed by atoms with E-state index in [0.29, 0.717) is 6.61 Å². The second-order valence-corrected chi connectivity index (χ2v) is 16.2. The highest BCUT2D eigenvalue weighted by atomic mass is 32.2. The zero-order valence-electron chi connectivity index (χ0n) is 18.5. The molecule has 0 amide bonds. The van der Waals surface area contributed by atoms with Gasteiger partial charge in [-0.15, -0.1) is 0 Å². The molecule has 156 valence electrons. The molecule has 0 aromatic heterocycles. The number of hydrogen-bond donors (Lipinski definition) is 0. The molecule has 0 aliphatic carbocycles. The van der Waals surface area contributed by atoms with Gasteiger partial charge in [-0.05, 0) is 42.7 Å². The molecule has 4 nitrogen and oxygen atoms in total. The standard InChI is InChI=1S/C21H39NO3SSi/c1-9-22(18(3)17-26(23,24)10-2)15-19-11-13-20(14-12-19)16-25-27(7,8)21(4,5)6/h11-14,18H,9-10,15-17H2,1-8H3/t18-/m0/s1. The van der Waals surface area contributed by atoms with Crippen molar-refractivity contribution in [3.05, 3.63) is 35.4 Å². The summed E-state index contributed by atoms with van der Waals surface area (Å²) in [5, 5.41) is 0.212. The summed E-state index contributed by atoms with van der Waals surface area (Å²) in [6.07, 6.45) is 0. The third kappa shape index (κ3) is 7.68. The fourth-order valence-corrected chi connectivity index (χ4v) is 4.77. The third-order valence-electron chi connectivity index (χ3n) is 5.78. The molecule has 27 heavy (non-hydrogen) atoms. The summed E-state index contributed by atoms with van der Waals surface area (Å²) < 4.78 is 30.1. The highest BCUT2D eigenvalue weighted by Gasteiger charge is 2.37. The molecule has 1 rings (SSSR count). The third-order valence-corrected chi connectivity index (χ3v) is 12.1. The number of benzene rings is 1. The maximum atomic E-state index is 11.9. The topological polar surface area (TPSA) is 46.6 Å². The van der Waals surface area contributed by atoms with Gasteiger partial charge in [0.15, 0.2) is 18.2 Å². The van der Waals surface area contributed by atoms with Gasteiger partial charge in [0.2, 0.25) is 0 Å². The van der Waals surface area contributed by atoms with Crippen molar-refractivity contribution in [3.8, 4) is 0 Å². The van der Waals surface area contributed by atoms with Gasteiger partial charge in [-0.3, -0.25) is 4.90 Å². The van der Waals surface area contributed by atoms with E-state index in [4.69, 9.17) is 4.43 Å². The Morgan fingerprint density at radius 3 is 2.04 bits per heavy atom. The number of rotatable bonds is 10. The summed E-state index contributed by atoms with van der Waals surface area (Å²) >= 11 is 0. The van der Waals surface area contributed by atoms with E-state index in [9.17, 15) is 8.42 Å². The average molecular weight is 414 g/mol. The van der Waals surface area contributed by atoms with Gasteiger partial charge in [-0.1, -0.05) is 58.9 Å². The fourth-order valence-electron chi connectivity index (χ4n) is 2.63. The lowest BCUT2D eigenvalue weighted by Crippen LogP contribution is -2.40. The lowest BCUT2D eigenvalue weighted by atomic mass is 10.1. The van der Waals surface area contributed by atoms with Crippen LogP contribution < -0.4 is 0 Å². The molecule has 0 saturated carbocycles. The first-order chi connectivity index (χ1) is 12.3. The van der Waals surface area contributed by atoms with Crippen LogP contribution in [0, 0.1) is 0 Å². The Bertz CT molecular complexity index is 678. The number of nitrogens with zero attached hydrogens (tertiary/aromatic N) is 1. The van der Waals surface area contributed by atoms with Crippen molar-refractivity contribution in [1.82, 2.24) is 4.90 Å². The van der Waals surface area contributed by atoms with Crippen LogP contribution in [0.5, 0.6) is 0 Å². The molecule has 0 unspecified atom stereocenters. The normalized spacial score (nSPS) is 14.6. The Hall–Kier alpha value is -0.693. The Morgan fingerprint density at radius 1 is 1.07 bits per heavy atom. The van der Waals surface area contributed by atoms with Crippen molar-refractivity contribution in [2.45, 2.75) is 78.9 Å². The van der Waals surface area contributed by atoms with E-state index in [-0.39, 0.29) is 22.6 Å². The zero-order valence-corrected chi connectivity index (χ0v) is 20.3. The Kier molecular flexibility index (Phi) is 8.73. The molecule has 1 aromatic rings. The molecule has 1 atom stereocenters. The molecule has 0 aliphatic heterocycles. The SMILES string of the molecule is CCN(Cc1ccc(CO[Si](C)(C)C(C)(C)C)cc1)[C@@H](C)CS(=O)(=O)CC. The molecule has 0 bridgehead atoms. The van der Waals surface area contributed by atoms with Crippen LogP contribution in [-0.2, 0) is 27.4 Å². The molecular formula is C21H39NO3SSi. The van der Waals surface area contributed by atoms with Crippen molar-refractivity contribution in [3.63, 3.8) is 0 Å². The summed E-state index contributed by atoms with van der Waals surface area (Å²) in [6.45, 7) is 19.3. The second-order valence-electron chi connectivity index (χ2n) is 8.98. The first-order valence-electron chi connectivity index (χ1n) is 9.97. The van der Waals surface area contributed by atoms with E-state index in [1.165, 1.54) is 11.1 Å². The highest BCUT2D eigenvalue weighted by Crippen LogP contribution is 2.37. The molecule has 1 aromatic carbocycles. The van der Waals surface area contributed by atoms with Crippen molar-refractivity contribution in [2.24, 2.45) is 0 Å². The van der Waals surface area contributed by atoms with Crippen LogP contribution in [0.1, 0.15) is 52.7 Å². The minimum absolute atomic E-state index is 0.0153. The van der Waals surface area contributed by atoms with E-state index in [1.54, 1.807) is 6.92 Å². The maximum absolute atomic E-state index is 11.9. The van der Waals surface area contributed by atoms with Crippen LogP contribution in [0.25, 0.3) is 0 Å². The minimum atomic E-state index is -2.96. The number of sulfone groups is 1. The van der Waals surface area contributed by atoms with E-state index in [0.717, 1.165) is 13.1 Å². The van der Waals surface area contributed by atoms with Gasteiger partial charge < -0.3 is 4.43 Å². The largest absolute Gasteiger partial charge is 0.413 e. The molecule has 0 radical (unpaired) electrons. The van der Waals surface area contributed by atoms with Gasteiger partial charge in [0, 0.05) is 18.3 Å². The maximum Gasteiger partial charge on any atom is 0.192 e. The van der Waals surface area contributed by atoms with Crippen LogP contribution in [0.3, 0.4) is 0 Å². The van der Waals surface area contributed by atoms with E-state index < -0.39 is 18.2 Å². The average Bonchev–Trinajstić information content (AvgIpc) is 2.57. The van der Waals surface area contributed by atoms with Crippen molar-refractivity contribution < 1.29 is 12.8 Å². The number of hydrogen-bond acceptors (Lipinski definition) is 4. The molecule has 0 spiro atoms. The lowest BCUT2D eigenvalue weighted by Gasteiger charge is -2.36. The molecule has 0 N–H and O–H groups in total. The first-order valence-corrected chi connectivity index (χ1v) is 14.7. The first kappa shape index (κ1) is 24.3. The van der Waals surface area contributed by atoms with Crippen molar-refractivity contribution in [1.29, 1.82) is 0 Å². The molecule has 0 fully saturated rings. The van der Waals surface area contributed by atoms with Gasteiger partial charge >= 0.3 is 0 Å². The van der Waals surface area contributed by atoms with Gasteiger partial charge in [0.25, 0.3) is 0 Å². The quantitative estimate of drug-likeness (QED) is 0.514. The van der Waals surface area contributed by atoms with E-state index in [2.05, 4.69) is 70.0 Å². The fraction of sp³-hybridized carbons (Fsp3) is 0.714. The van der Waals surface area contributed by atoms with Gasteiger partial charge in [0.1, 0.15) is 0 Å². The Labute approximate surface area is 168 Å². The Morgan fingerprint density at radius 2 is 1.59 bits per heavy atom. The summed E-state index contributed by atoms with van der Waals surface area (Å²) in [4.78, 5) is 2.22. The highest BCUT2D eigenvalue weighted by molar-refractivity contribution is 7.91. The summed E-state index contributed by atoms with van der Waals surface area (Å²) in [5.41, 5.74) is 2.39. The molecule has 0 heterocycles. The van der Waals surface area contributed by atoms with E-state index >= 15 is 0 Å². The molecule has 0 aliphatic rings. The van der Waals surface area contributed by atoms with Crippen LogP contribution >= 0.6 is 0 Å². The van der Waals surface area contributed by atoms with Crippen LogP contribution in [-0.4, -0.2) is 45.7 Å².